The predicted octanol–water partition coefficient (Wildman–Crippen LogP) is 1.77. The number of hydrogen-bond donors (Lipinski definition) is 1. The van der Waals surface area contributed by atoms with Crippen molar-refractivity contribution in [1.29, 1.82) is 0 Å². The summed E-state index contributed by atoms with van der Waals surface area (Å²) >= 11 is 1.41. The first kappa shape index (κ1) is 15.5. The molecule has 0 aliphatic rings. The normalized spacial score (nSPS) is 10.3. The molecule has 7 heteroatoms. The fourth-order valence-electron chi connectivity index (χ4n) is 1.67. The van der Waals surface area contributed by atoms with Crippen LogP contribution in [0.25, 0.3) is 0 Å². The standard InChI is InChI=1S/C12H16N2O4S/c1-3-13(6-7-15)12(16)10-8-9(19-2)4-5-11(10)14(17)18/h4-5,8,15H,3,6-7H2,1-2H3. The highest BCUT2D eigenvalue weighted by atomic mass is 32.2. The van der Waals surface area contributed by atoms with E-state index in [2.05, 4.69) is 0 Å². The summed E-state index contributed by atoms with van der Waals surface area (Å²) in [7, 11) is 0. The second kappa shape index (κ2) is 7.10. The summed E-state index contributed by atoms with van der Waals surface area (Å²) in [6, 6.07) is 4.47. The van der Waals surface area contributed by atoms with E-state index in [9.17, 15) is 14.9 Å². The van der Waals surface area contributed by atoms with Crippen LogP contribution in [-0.4, -0.2) is 46.8 Å². The summed E-state index contributed by atoms with van der Waals surface area (Å²) < 4.78 is 0. The molecule has 0 unspecified atom stereocenters. The van der Waals surface area contributed by atoms with E-state index in [0.717, 1.165) is 4.90 Å². The van der Waals surface area contributed by atoms with Crippen LogP contribution in [-0.2, 0) is 0 Å². The Balaban J connectivity index is 3.21. The second-order valence-electron chi connectivity index (χ2n) is 3.75. The number of amides is 1. The van der Waals surface area contributed by atoms with E-state index in [1.165, 1.54) is 28.8 Å². The van der Waals surface area contributed by atoms with Gasteiger partial charge in [-0.15, -0.1) is 11.8 Å². The Morgan fingerprint density at radius 2 is 2.21 bits per heavy atom. The molecule has 6 nitrogen and oxygen atoms in total. The number of nitro benzene ring substituents is 1. The number of aliphatic hydroxyl groups excluding tert-OH is 1. The molecule has 1 N–H and O–H groups in total. The van der Waals surface area contributed by atoms with Gasteiger partial charge in [0.2, 0.25) is 0 Å². The molecule has 0 bridgehead atoms. The summed E-state index contributed by atoms with van der Waals surface area (Å²) in [5, 5.41) is 19.9. The van der Waals surface area contributed by atoms with Gasteiger partial charge in [0.15, 0.2) is 0 Å². The first-order valence-corrected chi connectivity index (χ1v) is 7.00. The van der Waals surface area contributed by atoms with Gasteiger partial charge in [-0.1, -0.05) is 0 Å². The van der Waals surface area contributed by atoms with Gasteiger partial charge in [0.1, 0.15) is 5.56 Å². The molecule has 0 heterocycles. The predicted molar refractivity (Wildman–Crippen MR) is 73.5 cm³/mol. The molecule has 0 aliphatic carbocycles. The van der Waals surface area contributed by atoms with Gasteiger partial charge < -0.3 is 10.0 Å². The summed E-state index contributed by atoms with van der Waals surface area (Å²) in [6.45, 7) is 2.14. The highest BCUT2D eigenvalue weighted by molar-refractivity contribution is 7.98. The molecule has 0 atom stereocenters. The van der Waals surface area contributed by atoms with Crippen molar-refractivity contribution in [1.82, 2.24) is 4.90 Å². The minimum Gasteiger partial charge on any atom is -0.395 e. The fourth-order valence-corrected chi connectivity index (χ4v) is 2.11. The lowest BCUT2D eigenvalue weighted by Gasteiger charge is -2.19. The Labute approximate surface area is 115 Å². The number of hydrogen-bond acceptors (Lipinski definition) is 5. The maximum atomic E-state index is 12.3. The largest absolute Gasteiger partial charge is 0.395 e. The van der Waals surface area contributed by atoms with Crippen molar-refractivity contribution in [2.45, 2.75) is 11.8 Å². The molecular weight excluding hydrogens is 268 g/mol. The monoisotopic (exact) mass is 284 g/mol. The quantitative estimate of drug-likeness (QED) is 0.489. The van der Waals surface area contributed by atoms with Crippen LogP contribution in [0.2, 0.25) is 0 Å². The number of rotatable bonds is 6. The second-order valence-corrected chi connectivity index (χ2v) is 4.63. The number of nitrogens with zero attached hydrogens (tertiary/aromatic N) is 2. The first-order chi connectivity index (χ1) is 9.04. The third-order valence-electron chi connectivity index (χ3n) is 2.67. The first-order valence-electron chi connectivity index (χ1n) is 5.77. The zero-order valence-electron chi connectivity index (χ0n) is 10.8. The van der Waals surface area contributed by atoms with Gasteiger partial charge in [0.25, 0.3) is 11.6 Å². The van der Waals surface area contributed by atoms with Gasteiger partial charge in [0, 0.05) is 24.1 Å². The van der Waals surface area contributed by atoms with Gasteiger partial charge in [-0.05, 0) is 25.3 Å². The van der Waals surface area contributed by atoms with Gasteiger partial charge in [-0.3, -0.25) is 14.9 Å². The van der Waals surface area contributed by atoms with Gasteiger partial charge >= 0.3 is 0 Å². The summed E-state index contributed by atoms with van der Waals surface area (Å²) in [5.41, 5.74) is -0.147. The molecular formula is C12H16N2O4S. The van der Waals surface area contributed by atoms with Crippen molar-refractivity contribution in [2.24, 2.45) is 0 Å². The molecule has 0 aromatic heterocycles. The molecule has 19 heavy (non-hydrogen) atoms. The van der Waals surface area contributed by atoms with Crippen LogP contribution in [0.3, 0.4) is 0 Å². The average molecular weight is 284 g/mol. The van der Waals surface area contributed by atoms with Crippen molar-refractivity contribution in [3.8, 4) is 0 Å². The minimum atomic E-state index is -0.565. The fraction of sp³-hybridized carbons (Fsp3) is 0.417. The third-order valence-corrected chi connectivity index (χ3v) is 3.40. The maximum absolute atomic E-state index is 12.3. The van der Waals surface area contributed by atoms with E-state index in [4.69, 9.17) is 5.11 Å². The van der Waals surface area contributed by atoms with E-state index in [-0.39, 0.29) is 24.4 Å². The number of carbonyl (C=O) groups is 1. The summed E-state index contributed by atoms with van der Waals surface area (Å²) in [6.07, 6.45) is 1.83. The Hall–Kier alpha value is -1.60. The molecule has 1 amide bonds. The van der Waals surface area contributed by atoms with Crippen LogP contribution >= 0.6 is 11.8 Å². The minimum absolute atomic E-state index is 0.0622. The smallest absolute Gasteiger partial charge is 0.282 e. The third kappa shape index (κ3) is 3.68. The van der Waals surface area contributed by atoms with Crippen LogP contribution in [0.15, 0.2) is 23.1 Å². The lowest BCUT2D eigenvalue weighted by Crippen LogP contribution is -2.33. The van der Waals surface area contributed by atoms with E-state index in [1.807, 2.05) is 6.26 Å². The van der Waals surface area contributed by atoms with Crippen molar-refractivity contribution in [3.05, 3.63) is 33.9 Å². The molecule has 1 rings (SSSR count). The maximum Gasteiger partial charge on any atom is 0.282 e. The molecule has 0 radical (unpaired) electrons. The lowest BCUT2D eigenvalue weighted by atomic mass is 10.1. The Morgan fingerprint density at radius 3 is 2.68 bits per heavy atom. The number of nitro groups is 1. The van der Waals surface area contributed by atoms with Gasteiger partial charge in [-0.2, -0.15) is 0 Å². The van der Waals surface area contributed by atoms with E-state index >= 15 is 0 Å². The lowest BCUT2D eigenvalue weighted by molar-refractivity contribution is -0.385. The molecule has 1 aromatic carbocycles. The molecule has 0 aliphatic heterocycles. The zero-order chi connectivity index (χ0) is 14.4. The van der Waals surface area contributed by atoms with Crippen LogP contribution in [0.4, 0.5) is 5.69 Å². The van der Waals surface area contributed by atoms with E-state index < -0.39 is 10.8 Å². The van der Waals surface area contributed by atoms with Gasteiger partial charge in [-0.25, -0.2) is 0 Å². The summed E-state index contributed by atoms with van der Waals surface area (Å²) in [4.78, 5) is 24.8. The number of thioether (sulfide) groups is 1. The average Bonchev–Trinajstić information content (AvgIpc) is 2.43. The molecule has 104 valence electrons. The molecule has 0 spiro atoms. The number of carbonyl (C=O) groups excluding carboxylic acids is 1. The van der Waals surface area contributed by atoms with E-state index in [0.29, 0.717) is 6.54 Å². The molecule has 1 aromatic rings. The van der Waals surface area contributed by atoms with Crippen molar-refractivity contribution >= 4 is 23.4 Å². The van der Waals surface area contributed by atoms with Gasteiger partial charge in [0.05, 0.1) is 11.5 Å². The summed E-state index contributed by atoms with van der Waals surface area (Å²) in [5.74, 6) is -0.431. The Bertz CT molecular complexity index is 479. The topological polar surface area (TPSA) is 83.7 Å². The number of likely N-dealkylation sites (N-methyl/N-ethyl adjacent to an activating group) is 1. The van der Waals surface area contributed by atoms with E-state index in [1.54, 1.807) is 13.0 Å². The Morgan fingerprint density at radius 1 is 1.53 bits per heavy atom. The van der Waals surface area contributed by atoms with Crippen LogP contribution in [0, 0.1) is 10.1 Å². The SMILES string of the molecule is CCN(CCO)C(=O)c1cc(SC)ccc1[N+](=O)[O-]. The number of aliphatic hydroxyl groups is 1. The van der Waals surface area contributed by atoms with Crippen LogP contribution < -0.4 is 0 Å². The van der Waals surface area contributed by atoms with Crippen LogP contribution in [0.1, 0.15) is 17.3 Å². The highest BCUT2D eigenvalue weighted by Gasteiger charge is 2.24. The van der Waals surface area contributed by atoms with Crippen molar-refractivity contribution in [3.63, 3.8) is 0 Å². The molecule has 0 fully saturated rings. The molecule has 0 saturated heterocycles. The zero-order valence-corrected chi connectivity index (χ0v) is 11.6. The Kier molecular flexibility index (Phi) is 5.78. The number of benzene rings is 1. The van der Waals surface area contributed by atoms with Crippen molar-refractivity contribution in [2.75, 3.05) is 26.0 Å². The van der Waals surface area contributed by atoms with Crippen LogP contribution in [0.5, 0.6) is 0 Å². The molecule has 0 saturated carbocycles. The highest BCUT2D eigenvalue weighted by Crippen LogP contribution is 2.25. The van der Waals surface area contributed by atoms with Crippen molar-refractivity contribution < 1.29 is 14.8 Å².